The second kappa shape index (κ2) is 7.91. The van der Waals surface area contributed by atoms with Gasteiger partial charge in [-0.15, -0.1) is 0 Å². The van der Waals surface area contributed by atoms with Crippen LogP contribution in [0.25, 0.3) is 11.0 Å². The van der Waals surface area contributed by atoms with Crippen LogP contribution in [0.1, 0.15) is 47.2 Å². The maximum Gasteiger partial charge on any atom is 0.337 e. The molecule has 0 aliphatic heterocycles. The van der Waals surface area contributed by atoms with Gasteiger partial charge in [0.25, 0.3) is 0 Å². The molecule has 1 atom stereocenters. The molecular formula is C21H22N2O6S. The highest BCUT2D eigenvalue weighted by Gasteiger charge is 2.25. The number of pyridine rings is 1. The number of rotatable bonds is 6. The maximum absolute atomic E-state index is 12.9. The standard InChI is InChI=1S/C21H22N2O6S/c1-5-30(27,28)21-12(3)18(24)15-10-11(2)22-17(19(15)29-21)13(4)23-16-9-7-6-8-14(16)20(25)26/h6-10,13,23H,5H2,1-4H3,(H,25,26). The Morgan fingerprint density at radius 3 is 2.57 bits per heavy atom. The molecule has 0 aliphatic rings. The number of aromatic carboxylic acids is 1. The normalized spacial score (nSPS) is 12.7. The number of aryl methyl sites for hydroxylation is 1. The summed E-state index contributed by atoms with van der Waals surface area (Å²) in [7, 11) is -3.76. The number of nitrogens with one attached hydrogen (secondary N) is 1. The maximum atomic E-state index is 12.9. The van der Waals surface area contributed by atoms with Crippen LogP contribution in [0.4, 0.5) is 5.69 Å². The fraction of sp³-hybridized carbons (Fsp3) is 0.286. The van der Waals surface area contributed by atoms with Gasteiger partial charge in [-0.2, -0.15) is 0 Å². The molecule has 0 aliphatic carbocycles. The van der Waals surface area contributed by atoms with E-state index in [1.54, 1.807) is 38.1 Å². The first-order valence-corrected chi connectivity index (χ1v) is 11.0. The molecule has 0 radical (unpaired) electrons. The molecule has 8 nitrogen and oxygen atoms in total. The largest absolute Gasteiger partial charge is 0.478 e. The van der Waals surface area contributed by atoms with E-state index in [1.807, 2.05) is 0 Å². The molecule has 2 heterocycles. The Kier molecular flexibility index (Phi) is 5.67. The molecule has 3 aromatic rings. The van der Waals surface area contributed by atoms with Crippen LogP contribution < -0.4 is 10.7 Å². The highest BCUT2D eigenvalue weighted by atomic mass is 32.2. The van der Waals surface area contributed by atoms with E-state index in [9.17, 15) is 23.1 Å². The highest BCUT2D eigenvalue weighted by molar-refractivity contribution is 7.91. The van der Waals surface area contributed by atoms with Gasteiger partial charge >= 0.3 is 5.97 Å². The molecule has 0 saturated heterocycles. The minimum atomic E-state index is -3.76. The predicted molar refractivity (Wildman–Crippen MR) is 113 cm³/mol. The Morgan fingerprint density at radius 2 is 1.93 bits per heavy atom. The van der Waals surface area contributed by atoms with Crippen LogP contribution in [-0.2, 0) is 9.84 Å². The smallest absolute Gasteiger partial charge is 0.337 e. The number of sulfone groups is 1. The molecule has 158 valence electrons. The number of aromatic nitrogens is 1. The molecule has 3 rings (SSSR count). The van der Waals surface area contributed by atoms with Gasteiger partial charge in [0.05, 0.1) is 28.3 Å². The number of hydrogen-bond donors (Lipinski definition) is 2. The van der Waals surface area contributed by atoms with Gasteiger partial charge in [-0.05, 0) is 39.0 Å². The third-order valence-corrected chi connectivity index (χ3v) is 6.53. The van der Waals surface area contributed by atoms with Crippen molar-refractivity contribution in [3.05, 3.63) is 63.1 Å². The van der Waals surface area contributed by atoms with Crippen LogP contribution in [0.3, 0.4) is 0 Å². The van der Waals surface area contributed by atoms with Crippen molar-refractivity contribution in [2.75, 3.05) is 11.1 Å². The topological polar surface area (TPSA) is 127 Å². The summed E-state index contributed by atoms with van der Waals surface area (Å²) in [6, 6.07) is 7.37. The number of para-hydroxylation sites is 1. The summed E-state index contributed by atoms with van der Waals surface area (Å²) in [5.41, 5.74) is 0.963. The SMILES string of the molecule is CCS(=O)(=O)c1oc2c(C(C)Nc3ccccc3C(=O)O)nc(C)cc2c(=O)c1C. The zero-order valence-electron chi connectivity index (χ0n) is 17.0. The summed E-state index contributed by atoms with van der Waals surface area (Å²) in [6.45, 7) is 6.34. The average molecular weight is 430 g/mol. The zero-order chi connectivity index (χ0) is 22.2. The van der Waals surface area contributed by atoms with Crippen LogP contribution in [0.15, 0.2) is 44.6 Å². The molecular weight excluding hydrogens is 408 g/mol. The summed E-state index contributed by atoms with van der Waals surface area (Å²) in [4.78, 5) is 28.8. The van der Waals surface area contributed by atoms with Crippen LogP contribution >= 0.6 is 0 Å². The lowest BCUT2D eigenvalue weighted by Gasteiger charge is -2.18. The molecule has 0 spiro atoms. The third-order valence-electron chi connectivity index (χ3n) is 4.82. The highest BCUT2D eigenvalue weighted by Crippen LogP contribution is 2.29. The van der Waals surface area contributed by atoms with Crippen molar-refractivity contribution in [1.29, 1.82) is 0 Å². The molecule has 1 unspecified atom stereocenters. The Morgan fingerprint density at radius 1 is 1.27 bits per heavy atom. The van der Waals surface area contributed by atoms with Crippen LogP contribution in [0.2, 0.25) is 0 Å². The zero-order valence-corrected chi connectivity index (χ0v) is 17.8. The second-order valence-corrected chi connectivity index (χ2v) is 9.17. The summed E-state index contributed by atoms with van der Waals surface area (Å²) in [5.74, 6) is -1.30. The molecule has 0 amide bonds. The minimum Gasteiger partial charge on any atom is -0.478 e. The van der Waals surface area contributed by atoms with Gasteiger partial charge in [0.15, 0.2) is 11.0 Å². The minimum absolute atomic E-state index is 0.0257. The van der Waals surface area contributed by atoms with Crippen molar-refractivity contribution in [2.24, 2.45) is 0 Å². The second-order valence-electron chi connectivity index (χ2n) is 6.99. The van der Waals surface area contributed by atoms with Crippen molar-refractivity contribution in [3.8, 4) is 0 Å². The number of benzene rings is 1. The van der Waals surface area contributed by atoms with E-state index < -0.39 is 27.3 Å². The lowest BCUT2D eigenvalue weighted by atomic mass is 10.1. The monoisotopic (exact) mass is 430 g/mol. The van der Waals surface area contributed by atoms with Crippen LogP contribution in [-0.4, -0.2) is 30.2 Å². The summed E-state index contributed by atoms with van der Waals surface area (Å²) < 4.78 is 30.6. The fourth-order valence-corrected chi connectivity index (χ4v) is 4.28. The van der Waals surface area contributed by atoms with Crippen LogP contribution in [0, 0.1) is 13.8 Å². The van der Waals surface area contributed by atoms with Gasteiger partial charge in [0.2, 0.25) is 14.9 Å². The average Bonchev–Trinajstić information content (AvgIpc) is 2.70. The summed E-state index contributed by atoms with van der Waals surface area (Å²) in [5, 5.41) is 12.3. The van der Waals surface area contributed by atoms with E-state index in [1.165, 1.54) is 19.9 Å². The number of carboxylic acids is 1. The molecule has 0 fully saturated rings. The molecule has 0 saturated carbocycles. The number of carboxylic acid groups (broad SMARTS) is 1. The first-order chi connectivity index (χ1) is 14.1. The van der Waals surface area contributed by atoms with Gasteiger partial charge in [-0.1, -0.05) is 19.1 Å². The van der Waals surface area contributed by atoms with Gasteiger partial charge in [-0.3, -0.25) is 9.78 Å². The Bertz CT molecular complexity index is 1310. The number of hydrogen-bond acceptors (Lipinski definition) is 7. The van der Waals surface area contributed by atoms with E-state index in [2.05, 4.69) is 10.3 Å². The number of nitrogens with zero attached hydrogens (tertiary/aromatic N) is 1. The van der Waals surface area contributed by atoms with Gasteiger partial charge in [0.1, 0.15) is 5.69 Å². The number of carbonyl (C=O) groups is 1. The lowest BCUT2D eigenvalue weighted by Crippen LogP contribution is -2.18. The van der Waals surface area contributed by atoms with Gasteiger partial charge in [0, 0.05) is 11.4 Å². The molecule has 2 aromatic heterocycles. The van der Waals surface area contributed by atoms with E-state index >= 15 is 0 Å². The van der Waals surface area contributed by atoms with Gasteiger partial charge < -0.3 is 14.8 Å². The predicted octanol–water partition coefficient (Wildman–Crippen LogP) is 3.47. The molecule has 9 heteroatoms. The Labute approximate surface area is 173 Å². The van der Waals surface area contributed by atoms with Crippen molar-refractivity contribution in [3.63, 3.8) is 0 Å². The number of anilines is 1. The summed E-state index contributed by atoms with van der Waals surface area (Å²) in [6.07, 6.45) is 0. The van der Waals surface area contributed by atoms with Crippen molar-refractivity contribution >= 4 is 32.5 Å². The van der Waals surface area contributed by atoms with Crippen molar-refractivity contribution in [2.45, 2.75) is 38.8 Å². The van der Waals surface area contributed by atoms with Crippen molar-refractivity contribution < 1.29 is 22.7 Å². The molecule has 1 aromatic carbocycles. The lowest BCUT2D eigenvalue weighted by molar-refractivity contribution is 0.0698. The fourth-order valence-electron chi connectivity index (χ4n) is 3.24. The van der Waals surface area contributed by atoms with E-state index in [0.29, 0.717) is 17.1 Å². The summed E-state index contributed by atoms with van der Waals surface area (Å²) >= 11 is 0. The molecule has 30 heavy (non-hydrogen) atoms. The van der Waals surface area contributed by atoms with E-state index in [-0.39, 0.29) is 32.9 Å². The molecule has 0 bridgehead atoms. The van der Waals surface area contributed by atoms with Crippen molar-refractivity contribution in [1.82, 2.24) is 4.98 Å². The quantitative estimate of drug-likeness (QED) is 0.609. The third kappa shape index (κ3) is 3.80. The first kappa shape index (κ1) is 21.5. The van der Waals surface area contributed by atoms with Gasteiger partial charge in [-0.25, -0.2) is 13.2 Å². The van der Waals surface area contributed by atoms with E-state index in [4.69, 9.17) is 4.42 Å². The number of fused-ring (bicyclic) bond motifs is 1. The van der Waals surface area contributed by atoms with E-state index in [0.717, 1.165) is 0 Å². The van der Waals surface area contributed by atoms with Crippen LogP contribution in [0.5, 0.6) is 0 Å². The molecule has 2 N–H and O–H groups in total. The first-order valence-electron chi connectivity index (χ1n) is 9.33. The Hall–Kier alpha value is -3.20. The Balaban J connectivity index is 2.23.